The molecule has 0 saturated heterocycles. The van der Waals surface area contributed by atoms with Gasteiger partial charge in [0.1, 0.15) is 5.56 Å². The van der Waals surface area contributed by atoms with E-state index in [0.717, 1.165) is 5.56 Å². The van der Waals surface area contributed by atoms with Crippen molar-refractivity contribution >= 4 is 16.7 Å². The van der Waals surface area contributed by atoms with Crippen molar-refractivity contribution in [1.82, 2.24) is 0 Å². The lowest BCUT2D eigenvalue weighted by Crippen LogP contribution is -2.12. The zero-order valence-corrected chi connectivity index (χ0v) is 11.1. The Bertz CT molecular complexity index is 666. The summed E-state index contributed by atoms with van der Waals surface area (Å²) in [6.45, 7) is 5.97. The second-order valence-electron chi connectivity index (χ2n) is 5.58. The molecule has 4 nitrogen and oxygen atoms in total. The number of benzene rings is 2. The molecule has 100 valence electrons. The van der Waals surface area contributed by atoms with Gasteiger partial charge in [0.2, 0.25) is 0 Å². The number of phenols is 2. The highest BCUT2D eigenvalue weighted by Gasteiger charge is 2.23. The van der Waals surface area contributed by atoms with Gasteiger partial charge in [-0.25, -0.2) is 4.79 Å². The summed E-state index contributed by atoms with van der Waals surface area (Å²) in [7, 11) is 0. The first-order valence-electron chi connectivity index (χ1n) is 5.95. The van der Waals surface area contributed by atoms with Crippen LogP contribution in [0.3, 0.4) is 0 Å². The number of aromatic carboxylic acids is 1. The van der Waals surface area contributed by atoms with Crippen LogP contribution in [0.15, 0.2) is 24.3 Å². The van der Waals surface area contributed by atoms with Gasteiger partial charge in [0.25, 0.3) is 0 Å². The second-order valence-corrected chi connectivity index (χ2v) is 5.58. The van der Waals surface area contributed by atoms with Crippen molar-refractivity contribution in [2.75, 3.05) is 0 Å². The van der Waals surface area contributed by atoms with Gasteiger partial charge in [0, 0.05) is 5.39 Å². The molecule has 0 aliphatic heterocycles. The molecule has 0 spiro atoms. The van der Waals surface area contributed by atoms with Crippen LogP contribution in [0.4, 0.5) is 0 Å². The van der Waals surface area contributed by atoms with E-state index in [-0.39, 0.29) is 16.7 Å². The third-order valence-corrected chi connectivity index (χ3v) is 3.15. The molecule has 0 heterocycles. The van der Waals surface area contributed by atoms with Crippen molar-refractivity contribution in [3.63, 3.8) is 0 Å². The fourth-order valence-electron chi connectivity index (χ4n) is 2.21. The molecular weight excluding hydrogens is 244 g/mol. The molecular formula is C15H16O4. The maximum absolute atomic E-state index is 11.0. The Hall–Kier alpha value is -2.23. The fraction of sp³-hybridized carbons (Fsp3) is 0.267. The van der Waals surface area contributed by atoms with E-state index in [0.29, 0.717) is 10.8 Å². The average molecular weight is 260 g/mol. The molecule has 0 unspecified atom stereocenters. The highest BCUT2D eigenvalue weighted by molar-refractivity contribution is 6.02. The minimum absolute atomic E-state index is 0.228. The summed E-state index contributed by atoms with van der Waals surface area (Å²) in [4.78, 5) is 11.0. The van der Waals surface area contributed by atoms with Crippen molar-refractivity contribution in [1.29, 1.82) is 0 Å². The van der Waals surface area contributed by atoms with Gasteiger partial charge in [0.05, 0.1) is 0 Å². The van der Waals surface area contributed by atoms with Crippen molar-refractivity contribution in [3.05, 3.63) is 35.4 Å². The lowest BCUT2D eigenvalue weighted by molar-refractivity contribution is 0.0693. The molecule has 2 rings (SSSR count). The summed E-state index contributed by atoms with van der Waals surface area (Å²) in [5, 5.41) is 30.0. The number of carbonyl (C=O) groups is 1. The molecule has 3 N–H and O–H groups in total. The topological polar surface area (TPSA) is 77.8 Å². The van der Waals surface area contributed by atoms with E-state index in [9.17, 15) is 15.0 Å². The quantitative estimate of drug-likeness (QED) is 0.688. The van der Waals surface area contributed by atoms with Gasteiger partial charge in [-0.1, -0.05) is 39.0 Å². The number of carboxylic acids is 1. The molecule has 2 aromatic carbocycles. The number of hydrogen-bond donors (Lipinski definition) is 3. The van der Waals surface area contributed by atoms with Gasteiger partial charge in [-0.2, -0.15) is 0 Å². The predicted octanol–water partition coefficient (Wildman–Crippen LogP) is 3.25. The second kappa shape index (κ2) is 4.16. The highest BCUT2D eigenvalue weighted by atomic mass is 16.4. The Labute approximate surface area is 110 Å². The molecule has 0 saturated carbocycles. The van der Waals surface area contributed by atoms with Gasteiger partial charge < -0.3 is 15.3 Å². The Morgan fingerprint density at radius 1 is 1.11 bits per heavy atom. The maximum Gasteiger partial charge on any atom is 0.339 e. The summed E-state index contributed by atoms with van der Waals surface area (Å²) in [6.07, 6.45) is 0. The van der Waals surface area contributed by atoms with E-state index in [2.05, 4.69) is 0 Å². The van der Waals surface area contributed by atoms with Gasteiger partial charge in [-0.05, 0) is 22.4 Å². The molecule has 0 atom stereocenters. The van der Waals surface area contributed by atoms with Crippen LogP contribution in [0.1, 0.15) is 36.7 Å². The minimum atomic E-state index is -1.27. The maximum atomic E-state index is 11.0. The summed E-state index contributed by atoms with van der Waals surface area (Å²) in [5.74, 6) is -2.23. The first-order chi connectivity index (χ1) is 8.73. The SMILES string of the molecule is CC(C)(C)c1cccc2cc(C(=O)O)c(O)c(O)c12. The molecule has 0 fully saturated rings. The average Bonchev–Trinajstić information content (AvgIpc) is 2.31. The van der Waals surface area contributed by atoms with Crippen molar-refractivity contribution in [3.8, 4) is 11.5 Å². The first kappa shape index (κ1) is 13.2. The molecule has 0 amide bonds. The number of aromatic hydroxyl groups is 2. The van der Waals surface area contributed by atoms with Crippen LogP contribution in [-0.2, 0) is 5.41 Å². The molecule has 0 aliphatic rings. The number of fused-ring (bicyclic) bond motifs is 1. The van der Waals surface area contributed by atoms with E-state index in [1.807, 2.05) is 32.9 Å². The lowest BCUT2D eigenvalue weighted by atomic mass is 9.83. The number of hydrogen-bond acceptors (Lipinski definition) is 3. The third-order valence-electron chi connectivity index (χ3n) is 3.15. The van der Waals surface area contributed by atoms with Crippen LogP contribution in [0, 0.1) is 0 Å². The Morgan fingerprint density at radius 2 is 1.74 bits per heavy atom. The fourth-order valence-corrected chi connectivity index (χ4v) is 2.21. The van der Waals surface area contributed by atoms with Gasteiger partial charge in [-0.3, -0.25) is 0 Å². The smallest absolute Gasteiger partial charge is 0.339 e. The molecule has 19 heavy (non-hydrogen) atoms. The van der Waals surface area contributed by atoms with Gasteiger partial charge in [-0.15, -0.1) is 0 Å². The molecule has 2 aromatic rings. The number of phenolic OH excluding ortho intramolecular Hbond substituents is 1. The molecule has 0 radical (unpaired) electrons. The van der Waals surface area contributed by atoms with E-state index in [1.165, 1.54) is 6.07 Å². The predicted molar refractivity (Wildman–Crippen MR) is 72.9 cm³/mol. The molecule has 0 aliphatic carbocycles. The number of rotatable bonds is 1. The largest absolute Gasteiger partial charge is 0.504 e. The summed E-state index contributed by atoms with van der Waals surface area (Å²) in [6, 6.07) is 6.77. The van der Waals surface area contributed by atoms with Crippen molar-refractivity contribution in [2.45, 2.75) is 26.2 Å². The first-order valence-corrected chi connectivity index (χ1v) is 5.95. The monoisotopic (exact) mass is 260 g/mol. The molecule has 4 heteroatoms. The normalized spacial score (nSPS) is 11.7. The van der Waals surface area contributed by atoms with Crippen LogP contribution in [0.25, 0.3) is 10.8 Å². The van der Waals surface area contributed by atoms with E-state index >= 15 is 0 Å². The molecule has 0 bridgehead atoms. The Morgan fingerprint density at radius 3 is 2.26 bits per heavy atom. The van der Waals surface area contributed by atoms with Crippen LogP contribution in [0.2, 0.25) is 0 Å². The number of carboxylic acid groups (broad SMARTS) is 1. The Balaban J connectivity index is 2.93. The lowest BCUT2D eigenvalue weighted by Gasteiger charge is -2.22. The zero-order chi connectivity index (χ0) is 14.4. The summed E-state index contributed by atoms with van der Waals surface area (Å²) >= 11 is 0. The van der Waals surface area contributed by atoms with E-state index in [4.69, 9.17) is 5.11 Å². The highest BCUT2D eigenvalue weighted by Crippen LogP contribution is 2.42. The van der Waals surface area contributed by atoms with Crippen LogP contribution in [0.5, 0.6) is 11.5 Å². The van der Waals surface area contributed by atoms with Gasteiger partial charge in [0.15, 0.2) is 11.5 Å². The Kier molecular flexibility index (Phi) is 2.89. The van der Waals surface area contributed by atoms with Crippen molar-refractivity contribution in [2.24, 2.45) is 0 Å². The van der Waals surface area contributed by atoms with Crippen LogP contribution in [-0.4, -0.2) is 21.3 Å². The van der Waals surface area contributed by atoms with E-state index < -0.39 is 11.7 Å². The third kappa shape index (κ3) is 2.10. The van der Waals surface area contributed by atoms with Gasteiger partial charge >= 0.3 is 5.97 Å². The minimum Gasteiger partial charge on any atom is -0.504 e. The zero-order valence-electron chi connectivity index (χ0n) is 11.1. The van der Waals surface area contributed by atoms with Crippen LogP contribution >= 0.6 is 0 Å². The van der Waals surface area contributed by atoms with Crippen LogP contribution < -0.4 is 0 Å². The standard InChI is InChI=1S/C15H16O4/c1-15(2,3)10-6-4-5-8-7-9(14(18)19)12(16)13(17)11(8)10/h4-7,16-17H,1-3H3,(H,18,19). The summed E-state index contributed by atoms with van der Waals surface area (Å²) in [5.41, 5.74) is 0.333. The van der Waals surface area contributed by atoms with E-state index in [1.54, 1.807) is 6.07 Å². The molecule has 0 aromatic heterocycles. The summed E-state index contributed by atoms with van der Waals surface area (Å²) < 4.78 is 0. The van der Waals surface area contributed by atoms with Crippen molar-refractivity contribution < 1.29 is 20.1 Å².